The Balaban J connectivity index is 2.57. The highest BCUT2D eigenvalue weighted by Gasteiger charge is 2.16. The third-order valence-electron chi connectivity index (χ3n) is 1.58. The van der Waals surface area contributed by atoms with E-state index in [0.717, 1.165) is 13.0 Å². The Bertz CT molecular complexity index is 169. The maximum atomic E-state index is 11.0. The molecule has 1 unspecified atom stereocenters. The minimum absolute atomic E-state index is 0.0100. The molecule has 58 valence electrons. The first-order valence-corrected chi connectivity index (χ1v) is 4.78. The van der Waals surface area contributed by atoms with E-state index in [9.17, 15) is 9.00 Å². The summed E-state index contributed by atoms with van der Waals surface area (Å²) in [6.07, 6.45) is 0.870. The number of carbonyl (C=O) groups is 1. The number of rotatable bonds is 0. The molecule has 1 heterocycles. The molecule has 0 saturated carbocycles. The molecule has 1 aliphatic rings. The van der Waals surface area contributed by atoms with Gasteiger partial charge in [-0.1, -0.05) is 0 Å². The van der Waals surface area contributed by atoms with Crippen LogP contribution in [0.3, 0.4) is 0 Å². The third kappa shape index (κ3) is 1.80. The van der Waals surface area contributed by atoms with Gasteiger partial charge in [0.05, 0.1) is 0 Å². The zero-order valence-electron chi connectivity index (χ0n) is 6.00. The van der Waals surface area contributed by atoms with E-state index in [1.54, 1.807) is 11.9 Å². The van der Waals surface area contributed by atoms with Crippen LogP contribution < -0.4 is 0 Å². The molecule has 0 aromatic rings. The highest BCUT2D eigenvalue weighted by atomic mass is 32.2. The Morgan fingerprint density at radius 3 is 3.00 bits per heavy atom. The molecular formula is C6H11NO2S. The van der Waals surface area contributed by atoms with Crippen LogP contribution in [0, 0.1) is 0 Å². The summed E-state index contributed by atoms with van der Waals surface area (Å²) in [5.41, 5.74) is 0. The number of amides is 1. The number of nitrogens with zero attached hydrogens (tertiary/aromatic N) is 1. The lowest BCUT2D eigenvalue weighted by molar-refractivity contribution is -0.126. The van der Waals surface area contributed by atoms with Gasteiger partial charge in [0.1, 0.15) is 5.75 Å². The molecule has 0 radical (unpaired) electrons. The molecule has 1 fully saturated rings. The first-order valence-electron chi connectivity index (χ1n) is 3.29. The van der Waals surface area contributed by atoms with Gasteiger partial charge >= 0.3 is 0 Å². The van der Waals surface area contributed by atoms with Gasteiger partial charge < -0.3 is 4.90 Å². The molecule has 1 amide bonds. The highest BCUT2D eigenvalue weighted by molar-refractivity contribution is 7.85. The van der Waals surface area contributed by atoms with E-state index in [1.165, 1.54) is 0 Å². The molecule has 1 rings (SSSR count). The fraction of sp³-hybridized carbons (Fsp3) is 0.833. The largest absolute Gasteiger partial charge is 0.345 e. The summed E-state index contributed by atoms with van der Waals surface area (Å²) < 4.78 is 10.9. The standard InChI is InChI=1S/C6H11NO2S/c1-7-3-2-4-10(9)5-6(7)8/h2-5H2,1H3. The second-order valence-corrected chi connectivity index (χ2v) is 4.03. The first-order chi connectivity index (χ1) is 4.70. The van der Waals surface area contributed by atoms with Crippen molar-refractivity contribution in [3.05, 3.63) is 0 Å². The molecule has 0 aromatic carbocycles. The van der Waals surface area contributed by atoms with E-state index < -0.39 is 10.8 Å². The van der Waals surface area contributed by atoms with E-state index in [4.69, 9.17) is 0 Å². The minimum Gasteiger partial charge on any atom is -0.345 e. The normalized spacial score (nSPS) is 28.3. The van der Waals surface area contributed by atoms with E-state index in [1.807, 2.05) is 0 Å². The molecule has 0 spiro atoms. The maximum absolute atomic E-state index is 11.0. The van der Waals surface area contributed by atoms with E-state index in [-0.39, 0.29) is 11.7 Å². The summed E-state index contributed by atoms with van der Waals surface area (Å²) >= 11 is 0. The predicted molar refractivity (Wildman–Crippen MR) is 40.1 cm³/mol. The number of hydrogen-bond acceptors (Lipinski definition) is 2. The molecule has 0 aromatic heterocycles. The Hall–Kier alpha value is -0.380. The van der Waals surface area contributed by atoms with Crippen molar-refractivity contribution in [3.63, 3.8) is 0 Å². The molecular weight excluding hydrogens is 150 g/mol. The van der Waals surface area contributed by atoms with Gasteiger partial charge in [0.15, 0.2) is 0 Å². The first kappa shape index (κ1) is 7.72. The molecule has 0 N–H and O–H groups in total. The topological polar surface area (TPSA) is 37.4 Å². The van der Waals surface area contributed by atoms with Crippen molar-refractivity contribution in [3.8, 4) is 0 Å². The van der Waals surface area contributed by atoms with Crippen molar-refractivity contribution in [2.24, 2.45) is 0 Å². The van der Waals surface area contributed by atoms with Crippen LogP contribution in [0.4, 0.5) is 0 Å². The average Bonchev–Trinajstić information content (AvgIpc) is 1.96. The van der Waals surface area contributed by atoms with Crippen LogP contribution in [0.5, 0.6) is 0 Å². The van der Waals surface area contributed by atoms with Crippen LogP contribution in [0.25, 0.3) is 0 Å². The predicted octanol–water partition coefficient (Wildman–Crippen LogP) is -0.403. The Labute approximate surface area is 62.9 Å². The Morgan fingerprint density at radius 1 is 1.60 bits per heavy atom. The van der Waals surface area contributed by atoms with Crippen LogP contribution in [-0.2, 0) is 15.6 Å². The van der Waals surface area contributed by atoms with Gasteiger partial charge in [-0.05, 0) is 6.42 Å². The van der Waals surface area contributed by atoms with Crippen molar-refractivity contribution in [2.75, 3.05) is 25.1 Å². The fourth-order valence-electron chi connectivity index (χ4n) is 0.907. The summed E-state index contributed by atoms with van der Waals surface area (Å²) in [7, 11) is 0.855. The zero-order chi connectivity index (χ0) is 7.56. The summed E-state index contributed by atoms with van der Waals surface area (Å²) in [5.74, 6) is 0.905. The molecule has 4 heteroatoms. The van der Waals surface area contributed by atoms with Gasteiger partial charge in [-0.15, -0.1) is 0 Å². The third-order valence-corrected chi connectivity index (χ3v) is 2.89. The highest BCUT2D eigenvalue weighted by Crippen LogP contribution is 1.99. The monoisotopic (exact) mass is 161 g/mol. The molecule has 1 saturated heterocycles. The lowest BCUT2D eigenvalue weighted by Crippen LogP contribution is -2.28. The molecule has 10 heavy (non-hydrogen) atoms. The number of carbonyl (C=O) groups excluding carboxylic acids is 1. The van der Waals surface area contributed by atoms with Gasteiger partial charge in [0.2, 0.25) is 5.91 Å². The van der Waals surface area contributed by atoms with Crippen LogP contribution in [0.15, 0.2) is 0 Å². The molecule has 0 aliphatic carbocycles. The summed E-state index contributed by atoms with van der Waals surface area (Å²) in [6.45, 7) is 0.755. The van der Waals surface area contributed by atoms with Gasteiger partial charge in [0.25, 0.3) is 0 Å². The van der Waals surface area contributed by atoms with Crippen molar-refractivity contribution in [1.82, 2.24) is 4.90 Å². The van der Waals surface area contributed by atoms with Crippen molar-refractivity contribution in [1.29, 1.82) is 0 Å². The zero-order valence-corrected chi connectivity index (χ0v) is 6.82. The van der Waals surface area contributed by atoms with Gasteiger partial charge in [-0.3, -0.25) is 9.00 Å². The van der Waals surface area contributed by atoms with Gasteiger partial charge in [0, 0.05) is 30.1 Å². The van der Waals surface area contributed by atoms with Gasteiger partial charge in [-0.2, -0.15) is 0 Å². The molecule has 3 nitrogen and oxygen atoms in total. The molecule has 0 bridgehead atoms. The van der Waals surface area contributed by atoms with Crippen LogP contribution in [0.1, 0.15) is 6.42 Å². The smallest absolute Gasteiger partial charge is 0.234 e. The Morgan fingerprint density at radius 2 is 2.30 bits per heavy atom. The summed E-state index contributed by atoms with van der Waals surface area (Å²) in [5, 5.41) is 0. The Kier molecular flexibility index (Phi) is 2.43. The second kappa shape index (κ2) is 3.14. The second-order valence-electron chi connectivity index (χ2n) is 2.46. The minimum atomic E-state index is -0.900. The SMILES string of the molecule is CN1CCCS(=O)CC1=O. The van der Waals surface area contributed by atoms with Crippen LogP contribution in [0.2, 0.25) is 0 Å². The summed E-state index contributed by atoms with van der Waals surface area (Å²) in [6, 6.07) is 0. The molecule has 1 aliphatic heterocycles. The van der Waals surface area contributed by atoms with Crippen LogP contribution in [-0.4, -0.2) is 40.1 Å². The van der Waals surface area contributed by atoms with Crippen LogP contribution >= 0.6 is 0 Å². The quantitative estimate of drug-likeness (QED) is 0.484. The van der Waals surface area contributed by atoms with Crippen molar-refractivity contribution >= 4 is 16.7 Å². The lowest BCUT2D eigenvalue weighted by atomic mass is 10.4. The summed E-state index contributed by atoms with van der Waals surface area (Å²) in [4.78, 5) is 12.6. The van der Waals surface area contributed by atoms with Crippen molar-refractivity contribution < 1.29 is 9.00 Å². The lowest BCUT2D eigenvalue weighted by Gasteiger charge is -2.11. The fourth-order valence-corrected chi connectivity index (χ4v) is 2.00. The van der Waals surface area contributed by atoms with Gasteiger partial charge in [-0.25, -0.2) is 0 Å². The van der Waals surface area contributed by atoms with E-state index in [0.29, 0.717) is 5.75 Å². The van der Waals surface area contributed by atoms with E-state index in [2.05, 4.69) is 0 Å². The average molecular weight is 161 g/mol. The van der Waals surface area contributed by atoms with E-state index >= 15 is 0 Å². The number of hydrogen-bond donors (Lipinski definition) is 0. The maximum Gasteiger partial charge on any atom is 0.234 e. The van der Waals surface area contributed by atoms with Crippen molar-refractivity contribution in [2.45, 2.75) is 6.42 Å². The molecule has 1 atom stereocenters.